The Balaban J connectivity index is 2.45. The van der Waals surface area contributed by atoms with Gasteiger partial charge in [-0.15, -0.1) is 0 Å². The van der Waals surface area contributed by atoms with Gasteiger partial charge in [0.15, 0.2) is 0 Å². The third kappa shape index (κ3) is 5.01. The molecule has 0 N–H and O–H groups in total. The third-order valence-corrected chi connectivity index (χ3v) is 4.69. The van der Waals surface area contributed by atoms with Crippen LogP contribution >= 0.6 is 0 Å². The second kappa shape index (κ2) is 7.28. The van der Waals surface area contributed by atoms with Crippen LogP contribution < -0.4 is 0 Å². The zero-order valence-electron chi connectivity index (χ0n) is 14.2. The first kappa shape index (κ1) is 18.0. The molecule has 0 aromatic rings. The summed E-state index contributed by atoms with van der Waals surface area (Å²) in [5.41, 5.74) is -0.780. The van der Waals surface area contributed by atoms with Crippen LogP contribution in [-0.4, -0.2) is 23.6 Å². The minimum Gasteiger partial charge on any atom is -0.462 e. The number of carbonyl (C=O) groups is 2. The Bertz CT molecular complexity index is 367. The van der Waals surface area contributed by atoms with Crippen LogP contribution in [0.4, 0.5) is 0 Å². The van der Waals surface area contributed by atoms with E-state index in [9.17, 15) is 9.59 Å². The maximum absolute atomic E-state index is 12.1. The van der Waals surface area contributed by atoms with Crippen molar-refractivity contribution in [3.8, 4) is 0 Å². The number of ether oxygens (including phenoxy) is 2. The molecule has 1 saturated carbocycles. The van der Waals surface area contributed by atoms with Crippen molar-refractivity contribution in [3.05, 3.63) is 0 Å². The molecule has 1 unspecified atom stereocenters. The SMILES string of the molecule is CCC1(OC(=O)CC(C)OC(=O)C(C)(C)CC)CCCC1. The van der Waals surface area contributed by atoms with Gasteiger partial charge in [0.1, 0.15) is 11.7 Å². The van der Waals surface area contributed by atoms with Crippen molar-refractivity contribution in [1.82, 2.24) is 0 Å². The Morgan fingerprint density at radius 2 is 1.76 bits per heavy atom. The summed E-state index contributed by atoms with van der Waals surface area (Å²) < 4.78 is 11.1. The molecule has 0 aliphatic heterocycles. The third-order valence-electron chi connectivity index (χ3n) is 4.69. The largest absolute Gasteiger partial charge is 0.462 e. The fourth-order valence-corrected chi connectivity index (χ4v) is 2.59. The Kier molecular flexibility index (Phi) is 6.24. The van der Waals surface area contributed by atoms with Gasteiger partial charge in [-0.3, -0.25) is 9.59 Å². The molecular formula is C17H30O4. The van der Waals surface area contributed by atoms with E-state index < -0.39 is 11.5 Å². The van der Waals surface area contributed by atoms with E-state index >= 15 is 0 Å². The number of hydrogen-bond acceptors (Lipinski definition) is 4. The topological polar surface area (TPSA) is 52.6 Å². The molecule has 0 aromatic carbocycles. The van der Waals surface area contributed by atoms with Crippen molar-refractivity contribution in [3.63, 3.8) is 0 Å². The molecule has 21 heavy (non-hydrogen) atoms. The predicted octanol–water partition coefficient (Wildman–Crippen LogP) is 4.01. The molecule has 1 atom stereocenters. The lowest BCUT2D eigenvalue weighted by atomic mass is 9.90. The molecule has 1 aliphatic carbocycles. The van der Waals surface area contributed by atoms with Crippen LogP contribution in [-0.2, 0) is 19.1 Å². The molecule has 1 fully saturated rings. The molecule has 1 aliphatic rings. The van der Waals surface area contributed by atoms with E-state index in [1.807, 2.05) is 20.8 Å². The van der Waals surface area contributed by atoms with Crippen LogP contribution in [0.25, 0.3) is 0 Å². The van der Waals surface area contributed by atoms with E-state index in [0.717, 1.165) is 32.1 Å². The Morgan fingerprint density at radius 1 is 1.19 bits per heavy atom. The molecule has 122 valence electrons. The quantitative estimate of drug-likeness (QED) is 0.666. The van der Waals surface area contributed by atoms with Crippen molar-refractivity contribution in [2.24, 2.45) is 5.41 Å². The van der Waals surface area contributed by atoms with Gasteiger partial charge in [-0.2, -0.15) is 0 Å². The van der Waals surface area contributed by atoms with Gasteiger partial charge in [0.2, 0.25) is 0 Å². The van der Waals surface area contributed by atoms with Crippen LogP contribution in [0.1, 0.15) is 79.6 Å². The van der Waals surface area contributed by atoms with Crippen LogP contribution in [0.15, 0.2) is 0 Å². The first-order chi connectivity index (χ1) is 9.74. The summed E-state index contributed by atoms with van der Waals surface area (Å²) in [6.45, 7) is 9.46. The van der Waals surface area contributed by atoms with Gasteiger partial charge >= 0.3 is 11.9 Å². The molecule has 0 radical (unpaired) electrons. The summed E-state index contributed by atoms with van der Waals surface area (Å²) in [7, 11) is 0. The van der Waals surface area contributed by atoms with Gasteiger partial charge in [-0.25, -0.2) is 0 Å². The van der Waals surface area contributed by atoms with Gasteiger partial charge < -0.3 is 9.47 Å². The lowest BCUT2D eigenvalue weighted by Crippen LogP contribution is -2.34. The smallest absolute Gasteiger partial charge is 0.311 e. The Labute approximate surface area is 128 Å². The van der Waals surface area contributed by atoms with Crippen molar-refractivity contribution in [2.75, 3.05) is 0 Å². The highest BCUT2D eigenvalue weighted by Gasteiger charge is 2.36. The maximum atomic E-state index is 12.1. The molecule has 4 nitrogen and oxygen atoms in total. The van der Waals surface area contributed by atoms with Crippen molar-refractivity contribution >= 4 is 11.9 Å². The fourth-order valence-electron chi connectivity index (χ4n) is 2.59. The number of carbonyl (C=O) groups excluding carboxylic acids is 2. The lowest BCUT2D eigenvalue weighted by molar-refractivity contribution is -0.168. The lowest BCUT2D eigenvalue weighted by Gasteiger charge is -2.28. The summed E-state index contributed by atoms with van der Waals surface area (Å²) >= 11 is 0. The highest BCUT2D eigenvalue weighted by atomic mass is 16.6. The van der Waals surface area contributed by atoms with Crippen LogP contribution in [0, 0.1) is 5.41 Å². The van der Waals surface area contributed by atoms with E-state index in [-0.39, 0.29) is 24.0 Å². The summed E-state index contributed by atoms with van der Waals surface area (Å²) in [5.74, 6) is -0.510. The highest BCUT2D eigenvalue weighted by Crippen LogP contribution is 2.36. The van der Waals surface area contributed by atoms with E-state index in [4.69, 9.17) is 9.47 Å². The molecule has 1 rings (SSSR count). The van der Waals surface area contributed by atoms with E-state index in [1.165, 1.54) is 0 Å². The van der Waals surface area contributed by atoms with Crippen molar-refractivity contribution < 1.29 is 19.1 Å². The van der Waals surface area contributed by atoms with Gasteiger partial charge in [0, 0.05) is 0 Å². The Morgan fingerprint density at radius 3 is 2.24 bits per heavy atom. The summed E-state index contributed by atoms with van der Waals surface area (Å²) in [6, 6.07) is 0. The molecule has 0 bridgehead atoms. The second-order valence-corrected chi connectivity index (χ2v) is 6.88. The van der Waals surface area contributed by atoms with E-state index in [0.29, 0.717) is 6.42 Å². The molecule has 0 amide bonds. The van der Waals surface area contributed by atoms with Gasteiger partial charge in [0.25, 0.3) is 0 Å². The summed E-state index contributed by atoms with van der Waals surface area (Å²) in [6.07, 6.45) is 5.40. The molecule has 4 heteroatoms. The van der Waals surface area contributed by atoms with Crippen LogP contribution in [0.2, 0.25) is 0 Å². The molecule has 0 heterocycles. The standard InChI is InChI=1S/C17H30O4/c1-6-16(4,5)15(19)20-13(3)12-14(18)21-17(7-2)10-8-9-11-17/h13H,6-12H2,1-5H3. The highest BCUT2D eigenvalue weighted by molar-refractivity contribution is 5.77. The van der Waals surface area contributed by atoms with Crippen molar-refractivity contribution in [2.45, 2.75) is 91.3 Å². The predicted molar refractivity (Wildman–Crippen MR) is 81.8 cm³/mol. The minimum atomic E-state index is -0.506. The number of esters is 2. The zero-order chi connectivity index (χ0) is 16.1. The first-order valence-corrected chi connectivity index (χ1v) is 8.17. The molecule has 0 spiro atoms. The van der Waals surface area contributed by atoms with Gasteiger partial charge in [0.05, 0.1) is 11.8 Å². The number of rotatable bonds is 7. The average Bonchev–Trinajstić information content (AvgIpc) is 2.87. The first-order valence-electron chi connectivity index (χ1n) is 8.17. The second-order valence-electron chi connectivity index (χ2n) is 6.88. The summed E-state index contributed by atoms with van der Waals surface area (Å²) in [4.78, 5) is 24.0. The van der Waals surface area contributed by atoms with E-state index in [2.05, 4.69) is 6.92 Å². The molecular weight excluding hydrogens is 268 g/mol. The number of hydrogen-bond donors (Lipinski definition) is 0. The maximum Gasteiger partial charge on any atom is 0.311 e. The average molecular weight is 298 g/mol. The fraction of sp³-hybridized carbons (Fsp3) is 0.882. The molecule has 0 aromatic heterocycles. The van der Waals surface area contributed by atoms with Crippen LogP contribution in [0.5, 0.6) is 0 Å². The normalized spacial score (nSPS) is 19.1. The van der Waals surface area contributed by atoms with Gasteiger partial charge in [-0.1, -0.05) is 13.8 Å². The monoisotopic (exact) mass is 298 g/mol. The van der Waals surface area contributed by atoms with E-state index in [1.54, 1.807) is 6.92 Å². The Hall–Kier alpha value is -1.06. The van der Waals surface area contributed by atoms with Crippen molar-refractivity contribution in [1.29, 1.82) is 0 Å². The van der Waals surface area contributed by atoms with Gasteiger partial charge in [-0.05, 0) is 59.3 Å². The minimum absolute atomic E-state index is 0.132. The summed E-state index contributed by atoms with van der Waals surface area (Å²) in [5, 5.41) is 0. The zero-order valence-corrected chi connectivity index (χ0v) is 14.2. The van der Waals surface area contributed by atoms with Crippen LogP contribution in [0.3, 0.4) is 0 Å². The molecule has 0 saturated heterocycles.